The van der Waals surface area contributed by atoms with E-state index in [1.807, 2.05) is 31.2 Å². The summed E-state index contributed by atoms with van der Waals surface area (Å²) in [6, 6.07) is 12.8. The number of hydrogen-bond acceptors (Lipinski definition) is 5. The zero-order chi connectivity index (χ0) is 19.0. The Morgan fingerprint density at radius 1 is 1.15 bits per heavy atom. The van der Waals surface area contributed by atoms with Crippen LogP contribution in [0.3, 0.4) is 0 Å². The van der Waals surface area contributed by atoms with Crippen LogP contribution in [-0.2, 0) is 11.2 Å². The average Bonchev–Trinajstić information content (AvgIpc) is 3.16. The molecular formula is C20H17N3O4. The number of benzene rings is 2. The summed E-state index contributed by atoms with van der Waals surface area (Å²) in [5.41, 5.74) is 4.06. The zero-order valence-corrected chi connectivity index (χ0v) is 14.8. The molecule has 4 aromatic rings. The topological polar surface area (TPSA) is 101 Å². The normalized spacial score (nSPS) is 11.0. The van der Waals surface area contributed by atoms with Gasteiger partial charge in [-0.2, -0.15) is 0 Å². The average molecular weight is 363 g/mol. The lowest BCUT2D eigenvalue weighted by atomic mass is 10.1. The summed E-state index contributed by atoms with van der Waals surface area (Å²) in [6.45, 7) is 3.78. The van der Waals surface area contributed by atoms with Crippen LogP contribution in [-0.4, -0.2) is 15.9 Å². The highest BCUT2D eigenvalue weighted by molar-refractivity contribution is 5.93. The maximum absolute atomic E-state index is 12.4. The van der Waals surface area contributed by atoms with Crippen LogP contribution in [0.4, 0.5) is 5.69 Å². The van der Waals surface area contributed by atoms with Gasteiger partial charge >= 0.3 is 5.76 Å². The maximum atomic E-state index is 12.4. The van der Waals surface area contributed by atoms with E-state index in [0.717, 1.165) is 11.1 Å². The molecule has 0 fully saturated rings. The van der Waals surface area contributed by atoms with Gasteiger partial charge in [0.15, 0.2) is 5.58 Å². The van der Waals surface area contributed by atoms with Gasteiger partial charge < -0.3 is 14.2 Å². The molecule has 2 aromatic carbocycles. The fourth-order valence-electron chi connectivity index (χ4n) is 2.87. The highest BCUT2D eigenvalue weighted by atomic mass is 16.4. The van der Waals surface area contributed by atoms with Crippen molar-refractivity contribution in [3.05, 3.63) is 70.0 Å². The molecule has 4 rings (SSSR count). The number of hydrogen-bond donors (Lipinski definition) is 2. The lowest BCUT2D eigenvalue weighted by Crippen LogP contribution is -2.15. The minimum absolute atomic E-state index is 0.0796. The molecule has 2 aromatic heterocycles. The van der Waals surface area contributed by atoms with E-state index in [0.29, 0.717) is 34.1 Å². The Labute approximate surface area is 154 Å². The van der Waals surface area contributed by atoms with Gasteiger partial charge in [0.25, 0.3) is 0 Å². The van der Waals surface area contributed by atoms with Gasteiger partial charge in [-0.25, -0.2) is 9.78 Å². The van der Waals surface area contributed by atoms with Crippen LogP contribution in [0, 0.1) is 13.8 Å². The van der Waals surface area contributed by atoms with Gasteiger partial charge in [0.05, 0.1) is 17.6 Å². The fourth-order valence-corrected chi connectivity index (χ4v) is 2.87. The number of carbonyl (C=O) groups excluding carboxylic acids is 1. The van der Waals surface area contributed by atoms with Crippen LogP contribution in [0.25, 0.3) is 22.6 Å². The largest absolute Gasteiger partial charge is 0.441 e. The molecular weight excluding hydrogens is 346 g/mol. The van der Waals surface area contributed by atoms with Gasteiger partial charge in [0, 0.05) is 17.3 Å². The van der Waals surface area contributed by atoms with Crippen molar-refractivity contribution in [2.75, 3.05) is 5.32 Å². The van der Waals surface area contributed by atoms with Gasteiger partial charge in [-0.3, -0.25) is 9.78 Å². The fraction of sp³-hybridized carbons (Fsp3) is 0.150. The molecule has 7 nitrogen and oxygen atoms in total. The van der Waals surface area contributed by atoms with E-state index in [1.165, 1.54) is 0 Å². The number of fused-ring (bicyclic) bond motifs is 1. The van der Waals surface area contributed by atoms with Gasteiger partial charge in [-0.1, -0.05) is 17.7 Å². The summed E-state index contributed by atoms with van der Waals surface area (Å²) in [5, 5.41) is 2.78. The third-order valence-electron chi connectivity index (χ3n) is 4.19. The molecule has 0 spiro atoms. The summed E-state index contributed by atoms with van der Waals surface area (Å²) >= 11 is 0. The molecule has 0 bridgehead atoms. The first-order chi connectivity index (χ1) is 13.0. The zero-order valence-electron chi connectivity index (χ0n) is 14.8. The van der Waals surface area contributed by atoms with E-state index >= 15 is 0 Å². The second-order valence-corrected chi connectivity index (χ2v) is 6.34. The monoisotopic (exact) mass is 363 g/mol. The predicted molar refractivity (Wildman–Crippen MR) is 101 cm³/mol. The van der Waals surface area contributed by atoms with Crippen molar-refractivity contribution in [1.29, 1.82) is 0 Å². The number of carbonyl (C=O) groups is 1. The summed E-state index contributed by atoms with van der Waals surface area (Å²) in [5.74, 6) is 0.332. The molecule has 136 valence electrons. The molecule has 0 saturated carbocycles. The standard InChI is InChI=1S/C20H17N3O4/c1-11-4-3-5-13(8-11)19-22-16(12(2)26-19)10-18(24)21-14-6-7-15-17(9-14)27-20(25)23-15/h3-9H,10H2,1-2H3,(H,21,24)(H,23,25). The van der Waals surface area contributed by atoms with Gasteiger partial charge in [0.2, 0.25) is 11.8 Å². The number of H-pyrrole nitrogens is 1. The van der Waals surface area contributed by atoms with Crippen molar-refractivity contribution in [1.82, 2.24) is 9.97 Å². The quantitative estimate of drug-likeness (QED) is 0.577. The van der Waals surface area contributed by atoms with Crippen molar-refractivity contribution in [3.63, 3.8) is 0 Å². The van der Waals surface area contributed by atoms with E-state index in [-0.39, 0.29) is 12.3 Å². The van der Waals surface area contributed by atoms with E-state index in [4.69, 9.17) is 8.83 Å². The first kappa shape index (κ1) is 16.8. The second-order valence-electron chi connectivity index (χ2n) is 6.34. The van der Waals surface area contributed by atoms with Crippen LogP contribution in [0.1, 0.15) is 17.0 Å². The van der Waals surface area contributed by atoms with Crippen LogP contribution in [0.15, 0.2) is 56.1 Å². The van der Waals surface area contributed by atoms with Gasteiger partial charge in [-0.05, 0) is 38.1 Å². The van der Waals surface area contributed by atoms with Gasteiger partial charge in [-0.15, -0.1) is 0 Å². The molecule has 0 atom stereocenters. The Hall–Kier alpha value is -3.61. The first-order valence-electron chi connectivity index (χ1n) is 8.44. The lowest BCUT2D eigenvalue weighted by Gasteiger charge is -2.03. The number of nitrogens with one attached hydrogen (secondary N) is 2. The molecule has 2 N–H and O–H groups in total. The van der Waals surface area contributed by atoms with Crippen molar-refractivity contribution in [2.24, 2.45) is 0 Å². The smallest absolute Gasteiger partial charge is 0.417 e. The third kappa shape index (κ3) is 3.52. The minimum Gasteiger partial charge on any atom is -0.441 e. The van der Waals surface area contributed by atoms with Crippen molar-refractivity contribution < 1.29 is 13.6 Å². The Balaban J connectivity index is 1.51. The molecule has 0 aliphatic rings. The molecule has 0 radical (unpaired) electrons. The van der Waals surface area contributed by atoms with Crippen LogP contribution in [0.5, 0.6) is 0 Å². The molecule has 0 saturated heterocycles. The Morgan fingerprint density at radius 2 is 2.00 bits per heavy atom. The number of nitrogens with zero attached hydrogens (tertiary/aromatic N) is 1. The van der Waals surface area contributed by atoms with Crippen LogP contribution in [0.2, 0.25) is 0 Å². The van der Waals surface area contributed by atoms with Crippen LogP contribution < -0.4 is 11.1 Å². The number of oxazole rings is 2. The highest BCUT2D eigenvalue weighted by Gasteiger charge is 2.15. The second kappa shape index (κ2) is 6.60. The molecule has 2 heterocycles. The summed E-state index contributed by atoms with van der Waals surface area (Å²) in [4.78, 5) is 30.6. The SMILES string of the molecule is Cc1cccc(-c2nc(CC(=O)Nc3ccc4[nH]c(=O)oc4c3)c(C)o2)c1. The number of anilines is 1. The minimum atomic E-state index is -0.532. The van der Waals surface area contributed by atoms with Crippen molar-refractivity contribution >= 4 is 22.7 Å². The van der Waals surface area contributed by atoms with Crippen molar-refractivity contribution in [3.8, 4) is 11.5 Å². The third-order valence-corrected chi connectivity index (χ3v) is 4.19. The molecule has 0 aliphatic heterocycles. The van der Waals surface area contributed by atoms with Crippen molar-refractivity contribution in [2.45, 2.75) is 20.3 Å². The van der Waals surface area contributed by atoms with E-state index in [2.05, 4.69) is 15.3 Å². The van der Waals surface area contributed by atoms with Crippen LogP contribution >= 0.6 is 0 Å². The molecule has 27 heavy (non-hydrogen) atoms. The summed E-state index contributed by atoms with van der Waals surface area (Å²) in [7, 11) is 0. The van der Waals surface area contributed by atoms with E-state index in [9.17, 15) is 9.59 Å². The molecule has 0 aliphatic carbocycles. The Bertz CT molecular complexity index is 1200. The maximum Gasteiger partial charge on any atom is 0.417 e. The molecule has 1 amide bonds. The van der Waals surface area contributed by atoms with E-state index in [1.54, 1.807) is 25.1 Å². The lowest BCUT2D eigenvalue weighted by molar-refractivity contribution is -0.115. The Morgan fingerprint density at radius 3 is 2.81 bits per heavy atom. The van der Waals surface area contributed by atoms with Gasteiger partial charge in [0.1, 0.15) is 5.76 Å². The van der Waals surface area contributed by atoms with E-state index < -0.39 is 5.76 Å². The number of aryl methyl sites for hydroxylation is 2. The number of rotatable bonds is 4. The number of aromatic nitrogens is 2. The predicted octanol–water partition coefficient (Wildman–Crippen LogP) is 3.57. The summed E-state index contributed by atoms with van der Waals surface area (Å²) < 4.78 is 10.7. The number of aromatic amines is 1. The Kier molecular flexibility index (Phi) is 4.12. The molecule has 0 unspecified atom stereocenters. The highest BCUT2D eigenvalue weighted by Crippen LogP contribution is 2.23. The molecule has 7 heteroatoms. The summed E-state index contributed by atoms with van der Waals surface area (Å²) in [6.07, 6.45) is 0.0796. The number of amides is 1. The first-order valence-corrected chi connectivity index (χ1v) is 8.44.